The van der Waals surface area contributed by atoms with E-state index in [-0.39, 0.29) is 30.0 Å². The first-order valence-electron chi connectivity index (χ1n) is 10.2. The summed E-state index contributed by atoms with van der Waals surface area (Å²) in [5, 5.41) is 11.5. The molecule has 8 nitrogen and oxygen atoms in total. The minimum atomic E-state index is 0. The van der Waals surface area contributed by atoms with Crippen LogP contribution in [0, 0.1) is 6.92 Å². The normalized spacial score (nSPS) is 15.9. The van der Waals surface area contributed by atoms with Crippen LogP contribution in [0.5, 0.6) is 0 Å². The molecule has 2 heterocycles. The van der Waals surface area contributed by atoms with E-state index in [1.165, 1.54) is 16.8 Å². The first kappa shape index (κ1) is 24.4. The number of nitrogens with zero attached hydrogens (tertiary/aromatic N) is 5. The van der Waals surface area contributed by atoms with Crippen LogP contribution in [-0.2, 0) is 30.9 Å². The Morgan fingerprint density at radius 1 is 1.37 bits per heavy atom. The molecule has 1 aliphatic heterocycles. The highest BCUT2D eigenvalue weighted by Gasteiger charge is 2.22. The molecule has 1 unspecified atom stereocenters. The molecule has 9 heteroatoms. The Kier molecular flexibility index (Phi) is 9.35. The Morgan fingerprint density at radius 3 is 2.87 bits per heavy atom. The summed E-state index contributed by atoms with van der Waals surface area (Å²) in [4.78, 5) is 11.5. The van der Waals surface area contributed by atoms with Crippen molar-refractivity contribution in [3.05, 3.63) is 41.0 Å². The summed E-state index contributed by atoms with van der Waals surface area (Å²) in [6, 6.07) is 6.78. The van der Waals surface area contributed by atoms with Gasteiger partial charge in [-0.3, -0.25) is 0 Å². The number of nitrogens with one attached hydrogen (secondary N) is 2. The van der Waals surface area contributed by atoms with Crippen molar-refractivity contribution < 1.29 is 4.74 Å². The number of aromatic nitrogens is 3. The molecular weight excluding hydrogens is 493 g/mol. The van der Waals surface area contributed by atoms with Gasteiger partial charge in [-0.2, -0.15) is 5.10 Å². The molecule has 1 aliphatic rings. The summed E-state index contributed by atoms with van der Waals surface area (Å²) in [6.45, 7) is 6.88. The number of halogens is 1. The zero-order chi connectivity index (χ0) is 20.8. The topological polar surface area (TPSA) is 79.6 Å². The highest BCUT2D eigenvalue weighted by atomic mass is 127. The molecule has 0 fully saturated rings. The first-order chi connectivity index (χ1) is 14.0. The quantitative estimate of drug-likeness (QED) is 0.328. The number of fused-ring (bicyclic) bond motifs is 1. The van der Waals surface area contributed by atoms with Gasteiger partial charge in [0.1, 0.15) is 12.4 Å². The standard InChI is InChI=1S/C21H33N7O.HI/c1-6-22-21(23-12-16-8-7-15(2)11-18(16)27(3)4)24-17-9-10-20-25-19(14-29-5)26-28(20)13-17;/h7-8,11,17H,6,9-10,12-14H2,1-5H3,(H2,22,23,24);1H. The number of hydrogen-bond donors (Lipinski definition) is 2. The molecule has 1 aromatic carbocycles. The second-order valence-electron chi connectivity index (χ2n) is 7.66. The van der Waals surface area contributed by atoms with Crippen LogP contribution in [0.2, 0.25) is 0 Å². The number of methoxy groups -OCH3 is 1. The second-order valence-corrected chi connectivity index (χ2v) is 7.66. The fourth-order valence-corrected chi connectivity index (χ4v) is 3.57. The number of ether oxygens (including phenoxy) is 1. The van der Waals surface area contributed by atoms with Gasteiger partial charge in [-0.05, 0) is 37.5 Å². The van der Waals surface area contributed by atoms with Crippen LogP contribution in [0.1, 0.15) is 36.1 Å². The van der Waals surface area contributed by atoms with Crippen molar-refractivity contribution in [1.29, 1.82) is 0 Å². The molecule has 2 N–H and O–H groups in total. The van der Waals surface area contributed by atoms with Crippen LogP contribution < -0.4 is 15.5 Å². The zero-order valence-electron chi connectivity index (χ0n) is 18.6. The maximum Gasteiger partial charge on any atom is 0.191 e. The number of hydrogen-bond acceptors (Lipinski definition) is 5. The predicted molar refractivity (Wildman–Crippen MR) is 132 cm³/mol. The van der Waals surface area contributed by atoms with Crippen molar-refractivity contribution in [2.45, 2.75) is 52.4 Å². The Bertz CT molecular complexity index is 850. The Hall–Kier alpha value is -1.88. The van der Waals surface area contributed by atoms with Gasteiger partial charge in [-0.15, -0.1) is 24.0 Å². The Labute approximate surface area is 196 Å². The van der Waals surface area contributed by atoms with E-state index < -0.39 is 0 Å². The van der Waals surface area contributed by atoms with E-state index >= 15 is 0 Å². The Balaban J connectivity index is 0.00000320. The van der Waals surface area contributed by atoms with Crippen molar-refractivity contribution in [3.8, 4) is 0 Å². The maximum absolute atomic E-state index is 5.15. The van der Waals surface area contributed by atoms with Crippen LogP contribution in [0.4, 0.5) is 5.69 Å². The summed E-state index contributed by atoms with van der Waals surface area (Å²) < 4.78 is 7.14. The average Bonchev–Trinajstić information content (AvgIpc) is 3.09. The van der Waals surface area contributed by atoms with Crippen LogP contribution in [0.25, 0.3) is 0 Å². The number of benzene rings is 1. The molecule has 0 saturated heterocycles. The summed E-state index contributed by atoms with van der Waals surface area (Å²) in [5.41, 5.74) is 3.68. The van der Waals surface area contributed by atoms with E-state index in [1.54, 1.807) is 7.11 Å². The summed E-state index contributed by atoms with van der Waals surface area (Å²) in [5.74, 6) is 2.62. The number of rotatable bonds is 7. The van der Waals surface area contributed by atoms with Gasteiger partial charge in [0, 0.05) is 45.9 Å². The van der Waals surface area contributed by atoms with Crippen LogP contribution in [0.15, 0.2) is 23.2 Å². The van der Waals surface area contributed by atoms with E-state index in [1.807, 2.05) is 4.68 Å². The molecule has 0 aliphatic carbocycles. The summed E-state index contributed by atoms with van der Waals surface area (Å²) in [7, 11) is 5.81. The van der Waals surface area contributed by atoms with E-state index in [2.05, 4.69) is 71.8 Å². The average molecular weight is 527 g/mol. The molecule has 166 valence electrons. The molecule has 0 amide bonds. The van der Waals surface area contributed by atoms with E-state index in [4.69, 9.17) is 9.73 Å². The van der Waals surface area contributed by atoms with Gasteiger partial charge < -0.3 is 20.3 Å². The minimum absolute atomic E-state index is 0. The van der Waals surface area contributed by atoms with Crippen molar-refractivity contribution in [2.24, 2.45) is 4.99 Å². The lowest BCUT2D eigenvalue weighted by molar-refractivity contribution is 0.177. The minimum Gasteiger partial charge on any atom is -0.377 e. The lowest BCUT2D eigenvalue weighted by Crippen LogP contribution is -2.47. The summed E-state index contributed by atoms with van der Waals surface area (Å²) >= 11 is 0. The molecule has 2 aromatic rings. The third-order valence-corrected chi connectivity index (χ3v) is 4.99. The highest BCUT2D eigenvalue weighted by molar-refractivity contribution is 14.0. The summed E-state index contributed by atoms with van der Waals surface area (Å²) in [6.07, 6.45) is 1.90. The highest BCUT2D eigenvalue weighted by Crippen LogP contribution is 2.21. The van der Waals surface area contributed by atoms with Gasteiger partial charge in [-0.25, -0.2) is 14.7 Å². The van der Waals surface area contributed by atoms with Crippen LogP contribution >= 0.6 is 24.0 Å². The number of guanidine groups is 1. The van der Waals surface area contributed by atoms with Crippen LogP contribution in [0.3, 0.4) is 0 Å². The van der Waals surface area contributed by atoms with Crippen molar-refractivity contribution >= 4 is 35.6 Å². The molecule has 1 atom stereocenters. The monoisotopic (exact) mass is 527 g/mol. The van der Waals surface area contributed by atoms with Crippen molar-refractivity contribution in [3.63, 3.8) is 0 Å². The van der Waals surface area contributed by atoms with E-state index in [0.717, 1.165) is 43.5 Å². The third-order valence-electron chi connectivity index (χ3n) is 4.99. The number of aliphatic imine (C=N–C) groups is 1. The van der Waals surface area contributed by atoms with Gasteiger partial charge in [0.25, 0.3) is 0 Å². The van der Waals surface area contributed by atoms with Gasteiger partial charge >= 0.3 is 0 Å². The SMILES string of the molecule is CCNC(=NCc1ccc(C)cc1N(C)C)NC1CCc2nc(COC)nn2C1.I. The molecule has 30 heavy (non-hydrogen) atoms. The smallest absolute Gasteiger partial charge is 0.191 e. The van der Waals surface area contributed by atoms with Crippen LogP contribution in [-0.4, -0.2) is 54.5 Å². The lowest BCUT2D eigenvalue weighted by Gasteiger charge is -2.25. The van der Waals surface area contributed by atoms with Gasteiger partial charge in [0.2, 0.25) is 0 Å². The lowest BCUT2D eigenvalue weighted by atomic mass is 10.1. The fraction of sp³-hybridized carbons (Fsp3) is 0.571. The number of anilines is 1. The van der Waals surface area contributed by atoms with Gasteiger partial charge in [0.05, 0.1) is 13.1 Å². The molecule has 0 spiro atoms. The zero-order valence-corrected chi connectivity index (χ0v) is 20.9. The molecular formula is C21H34IN7O. The first-order valence-corrected chi connectivity index (χ1v) is 10.2. The Morgan fingerprint density at radius 2 is 2.17 bits per heavy atom. The van der Waals surface area contributed by atoms with E-state index in [9.17, 15) is 0 Å². The molecule has 1 aromatic heterocycles. The largest absolute Gasteiger partial charge is 0.377 e. The second kappa shape index (κ2) is 11.5. The van der Waals surface area contributed by atoms with Crippen molar-refractivity contribution in [1.82, 2.24) is 25.4 Å². The molecule has 0 radical (unpaired) electrons. The maximum atomic E-state index is 5.15. The number of aryl methyl sites for hydroxylation is 2. The molecule has 3 rings (SSSR count). The molecule has 0 saturated carbocycles. The third kappa shape index (κ3) is 6.31. The van der Waals surface area contributed by atoms with Crippen molar-refractivity contribution in [2.75, 3.05) is 32.6 Å². The fourth-order valence-electron chi connectivity index (χ4n) is 3.57. The van der Waals surface area contributed by atoms with E-state index in [0.29, 0.717) is 13.2 Å². The van der Waals surface area contributed by atoms with Gasteiger partial charge in [0.15, 0.2) is 11.8 Å². The van der Waals surface area contributed by atoms with Gasteiger partial charge in [-0.1, -0.05) is 12.1 Å². The molecule has 0 bridgehead atoms. The predicted octanol–water partition coefficient (Wildman–Crippen LogP) is 2.49.